The highest BCUT2D eigenvalue weighted by atomic mass is 35.5. The highest BCUT2D eigenvalue weighted by Crippen LogP contribution is 2.16. The first kappa shape index (κ1) is 19.2. The molecule has 25 heavy (non-hydrogen) atoms. The zero-order valence-electron chi connectivity index (χ0n) is 14.3. The number of piperazine rings is 1. The SMILES string of the molecule is CC1NCCN(C(=O)c2ccc(CN3C(=O)CNC3=O)cc2)C1C.Cl. The largest absolute Gasteiger partial charge is 0.333 e. The molecule has 0 aromatic heterocycles. The normalized spacial score (nSPS) is 23.3. The summed E-state index contributed by atoms with van der Waals surface area (Å²) in [5.41, 5.74) is 1.44. The first-order chi connectivity index (χ1) is 11.5. The summed E-state index contributed by atoms with van der Waals surface area (Å²) in [5, 5.41) is 5.85. The van der Waals surface area contributed by atoms with Crippen LogP contribution in [0.2, 0.25) is 0 Å². The summed E-state index contributed by atoms with van der Waals surface area (Å²) in [6, 6.07) is 7.14. The Morgan fingerprint density at radius 3 is 2.48 bits per heavy atom. The maximum absolute atomic E-state index is 12.7. The van der Waals surface area contributed by atoms with Crippen molar-refractivity contribution in [1.82, 2.24) is 20.4 Å². The number of carbonyl (C=O) groups excluding carboxylic acids is 3. The first-order valence-electron chi connectivity index (χ1n) is 8.19. The zero-order chi connectivity index (χ0) is 17.3. The smallest absolute Gasteiger partial charge is 0.324 e. The van der Waals surface area contributed by atoms with Crippen molar-refractivity contribution in [2.24, 2.45) is 0 Å². The van der Waals surface area contributed by atoms with Gasteiger partial charge in [-0.1, -0.05) is 12.1 Å². The molecule has 2 aliphatic heterocycles. The van der Waals surface area contributed by atoms with Gasteiger partial charge in [-0.05, 0) is 31.5 Å². The molecule has 0 spiro atoms. The van der Waals surface area contributed by atoms with E-state index in [1.165, 1.54) is 4.90 Å². The number of amides is 4. The van der Waals surface area contributed by atoms with E-state index in [2.05, 4.69) is 17.6 Å². The molecule has 8 heteroatoms. The van der Waals surface area contributed by atoms with Crippen molar-refractivity contribution >= 4 is 30.3 Å². The zero-order valence-corrected chi connectivity index (χ0v) is 15.1. The lowest BCUT2D eigenvalue weighted by Gasteiger charge is -2.38. The second-order valence-corrected chi connectivity index (χ2v) is 6.32. The van der Waals surface area contributed by atoms with Crippen molar-refractivity contribution in [3.8, 4) is 0 Å². The minimum atomic E-state index is -0.371. The molecule has 0 bridgehead atoms. The first-order valence-corrected chi connectivity index (χ1v) is 8.19. The molecule has 7 nitrogen and oxygen atoms in total. The van der Waals surface area contributed by atoms with Gasteiger partial charge in [-0.15, -0.1) is 12.4 Å². The number of halogens is 1. The monoisotopic (exact) mass is 366 g/mol. The van der Waals surface area contributed by atoms with E-state index in [4.69, 9.17) is 0 Å². The average Bonchev–Trinajstić information content (AvgIpc) is 2.89. The van der Waals surface area contributed by atoms with E-state index in [0.717, 1.165) is 12.1 Å². The number of hydrogen-bond donors (Lipinski definition) is 2. The Balaban J connectivity index is 0.00000225. The van der Waals surface area contributed by atoms with E-state index in [1.54, 1.807) is 24.3 Å². The molecule has 3 rings (SSSR count). The summed E-state index contributed by atoms with van der Waals surface area (Å²) in [6.07, 6.45) is 0. The highest BCUT2D eigenvalue weighted by molar-refractivity contribution is 6.01. The molecule has 2 heterocycles. The standard InChI is InChI=1S/C17H22N4O3.ClH/c1-11-12(2)20(8-7-18-11)16(23)14-5-3-13(4-6-14)10-21-15(22)9-19-17(21)24;/h3-6,11-12,18H,7-10H2,1-2H3,(H,19,24);1H. The summed E-state index contributed by atoms with van der Waals surface area (Å²) >= 11 is 0. The van der Waals surface area contributed by atoms with Crippen molar-refractivity contribution in [2.75, 3.05) is 19.6 Å². The van der Waals surface area contributed by atoms with Crippen LogP contribution < -0.4 is 10.6 Å². The molecular formula is C17H23ClN4O3. The molecule has 4 amide bonds. The number of imide groups is 1. The molecule has 2 unspecified atom stereocenters. The Morgan fingerprint density at radius 1 is 1.20 bits per heavy atom. The van der Waals surface area contributed by atoms with Crippen LogP contribution >= 0.6 is 12.4 Å². The van der Waals surface area contributed by atoms with Crippen molar-refractivity contribution in [1.29, 1.82) is 0 Å². The Morgan fingerprint density at radius 2 is 1.88 bits per heavy atom. The van der Waals surface area contributed by atoms with E-state index in [1.807, 2.05) is 11.8 Å². The number of rotatable bonds is 3. The molecule has 1 aromatic carbocycles. The van der Waals surface area contributed by atoms with Gasteiger partial charge in [0.15, 0.2) is 0 Å². The number of hydrogen-bond acceptors (Lipinski definition) is 4. The van der Waals surface area contributed by atoms with Crippen LogP contribution in [0, 0.1) is 0 Å². The summed E-state index contributed by atoms with van der Waals surface area (Å²) < 4.78 is 0. The summed E-state index contributed by atoms with van der Waals surface area (Å²) in [6.45, 7) is 5.87. The van der Waals surface area contributed by atoms with Gasteiger partial charge >= 0.3 is 6.03 Å². The second kappa shape index (κ2) is 7.84. The Bertz CT molecular complexity index is 648. The lowest BCUT2D eigenvalue weighted by molar-refractivity contribution is -0.125. The molecule has 0 aliphatic carbocycles. The van der Waals surface area contributed by atoms with Crippen LogP contribution in [0.15, 0.2) is 24.3 Å². The van der Waals surface area contributed by atoms with Crippen LogP contribution in [0.5, 0.6) is 0 Å². The van der Waals surface area contributed by atoms with E-state index in [0.29, 0.717) is 12.1 Å². The quantitative estimate of drug-likeness (QED) is 0.781. The highest BCUT2D eigenvalue weighted by Gasteiger charge is 2.30. The Kier molecular flexibility index (Phi) is 6.02. The van der Waals surface area contributed by atoms with Gasteiger partial charge < -0.3 is 15.5 Å². The molecule has 2 N–H and O–H groups in total. The fourth-order valence-corrected chi connectivity index (χ4v) is 3.06. The number of nitrogens with zero attached hydrogens (tertiary/aromatic N) is 2. The molecule has 2 saturated heterocycles. The molecule has 2 aliphatic rings. The number of benzene rings is 1. The third kappa shape index (κ3) is 3.93. The van der Waals surface area contributed by atoms with Crippen molar-refractivity contribution in [3.63, 3.8) is 0 Å². The maximum Gasteiger partial charge on any atom is 0.324 e. The van der Waals surface area contributed by atoms with Crippen LogP contribution in [0.3, 0.4) is 0 Å². The molecule has 2 atom stereocenters. The van der Waals surface area contributed by atoms with E-state index < -0.39 is 0 Å². The Labute approximate surface area is 153 Å². The average molecular weight is 367 g/mol. The summed E-state index contributed by atoms with van der Waals surface area (Å²) in [7, 11) is 0. The molecular weight excluding hydrogens is 344 g/mol. The van der Waals surface area contributed by atoms with Crippen LogP contribution in [-0.4, -0.2) is 59.4 Å². The van der Waals surface area contributed by atoms with Gasteiger partial charge in [0.05, 0.1) is 13.1 Å². The van der Waals surface area contributed by atoms with Crippen molar-refractivity contribution in [2.45, 2.75) is 32.5 Å². The van der Waals surface area contributed by atoms with Gasteiger partial charge in [0.2, 0.25) is 5.91 Å². The number of carbonyl (C=O) groups is 3. The fraction of sp³-hybridized carbons (Fsp3) is 0.471. The van der Waals surface area contributed by atoms with Crippen LogP contribution in [-0.2, 0) is 11.3 Å². The van der Waals surface area contributed by atoms with Gasteiger partial charge in [-0.25, -0.2) is 4.79 Å². The molecule has 1 aromatic rings. The van der Waals surface area contributed by atoms with Gasteiger partial charge in [0.1, 0.15) is 0 Å². The fourth-order valence-electron chi connectivity index (χ4n) is 3.06. The molecule has 0 radical (unpaired) electrons. The van der Waals surface area contributed by atoms with Gasteiger partial charge in [-0.2, -0.15) is 0 Å². The van der Waals surface area contributed by atoms with Crippen LogP contribution in [0.1, 0.15) is 29.8 Å². The lowest BCUT2D eigenvalue weighted by Crippen LogP contribution is -2.57. The van der Waals surface area contributed by atoms with E-state index in [-0.39, 0.29) is 55.4 Å². The van der Waals surface area contributed by atoms with Crippen molar-refractivity contribution in [3.05, 3.63) is 35.4 Å². The topological polar surface area (TPSA) is 81.8 Å². The maximum atomic E-state index is 12.7. The summed E-state index contributed by atoms with van der Waals surface area (Å²) in [5.74, 6) is -0.221. The third-order valence-electron chi connectivity index (χ3n) is 4.77. The van der Waals surface area contributed by atoms with Crippen molar-refractivity contribution < 1.29 is 14.4 Å². The predicted octanol–water partition coefficient (Wildman–Crippen LogP) is 0.983. The third-order valence-corrected chi connectivity index (χ3v) is 4.77. The van der Waals surface area contributed by atoms with Gasteiger partial charge in [-0.3, -0.25) is 14.5 Å². The lowest BCUT2D eigenvalue weighted by atomic mass is 10.0. The molecule has 2 fully saturated rings. The number of nitrogens with one attached hydrogen (secondary N) is 2. The second-order valence-electron chi connectivity index (χ2n) is 6.32. The van der Waals surface area contributed by atoms with E-state index >= 15 is 0 Å². The Hall–Kier alpha value is -2.12. The number of urea groups is 1. The summed E-state index contributed by atoms with van der Waals surface area (Å²) in [4.78, 5) is 38.9. The van der Waals surface area contributed by atoms with Crippen LogP contribution in [0.25, 0.3) is 0 Å². The minimum Gasteiger partial charge on any atom is -0.333 e. The molecule has 0 saturated carbocycles. The molecule has 136 valence electrons. The predicted molar refractivity (Wildman–Crippen MR) is 95.6 cm³/mol. The van der Waals surface area contributed by atoms with Gasteiger partial charge in [0, 0.05) is 30.7 Å². The van der Waals surface area contributed by atoms with Crippen LogP contribution in [0.4, 0.5) is 4.79 Å². The minimum absolute atomic E-state index is 0. The van der Waals surface area contributed by atoms with E-state index in [9.17, 15) is 14.4 Å². The van der Waals surface area contributed by atoms with Gasteiger partial charge in [0.25, 0.3) is 5.91 Å².